The van der Waals surface area contributed by atoms with Gasteiger partial charge in [-0.2, -0.15) is 0 Å². The van der Waals surface area contributed by atoms with Crippen molar-refractivity contribution in [3.05, 3.63) is 64.7 Å². The highest BCUT2D eigenvalue weighted by molar-refractivity contribution is 6.30. The van der Waals surface area contributed by atoms with Crippen molar-refractivity contribution in [2.24, 2.45) is 5.73 Å². The standard InChI is InChI=1S/C17H14ClNO4/c18-12-6-7-13-11(8-12)9-14(22-13)17(21)23-15(16(19)20)10-4-2-1-3-5-10/h1-8,14-15H,9H2,(H2,19,20)/t14-,15-/m0/s1. The van der Waals surface area contributed by atoms with Crippen LogP contribution in [0.2, 0.25) is 5.02 Å². The van der Waals surface area contributed by atoms with Gasteiger partial charge in [-0.15, -0.1) is 0 Å². The van der Waals surface area contributed by atoms with Crippen molar-refractivity contribution in [1.29, 1.82) is 0 Å². The number of halogens is 1. The van der Waals surface area contributed by atoms with Crippen LogP contribution in [-0.2, 0) is 20.7 Å². The zero-order valence-electron chi connectivity index (χ0n) is 12.1. The van der Waals surface area contributed by atoms with Gasteiger partial charge in [-0.25, -0.2) is 4.79 Å². The summed E-state index contributed by atoms with van der Waals surface area (Å²) in [6, 6.07) is 13.8. The van der Waals surface area contributed by atoms with Crippen molar-refractivity contribution >= 4 is 23.5 Å². The summed E-state index contributed by atoms with van der Waals surface area (Å²) in [4.78, 5) is 23.9. The largest absolute Gasteiger partial charge is 0.478 e. The molecule has 1 aliphatic heterocycles. The van der Waals surface area contributed by atoms with Gasteiger partial charge in [0.2, 0.25) is 6.10 Å². The molecular weight excluding hydrogens is 318 g/mol. The zero-order valence-corrected chi connectivity index (χ0v) is 12.8. The molecule has 2 N–H and O–H groups in total. The van der Waals surface area contributed by atoms with Crippen LogP contribution >= 0.6 is 11.6 Å². The first kappa shape index (κ1) is 15.4. The van der Waals surface area contributed by atoms with Gasteiger partial charge in [0.15, 0.2) is 6.10 Å². The number of benzene rings is 2. The molecule has 1 amide bonds. The van der Waals surface area contributed by atoms with E-state index >= 15 is 0 Å². The van der Waals surface area contributed by atoms with E-state index in [9.17, 15) is 9.59 Å². The highest BCUT2D eigenvalue weighted by Crippen LogP contribution is 2.32. The second kappa shape index (κ2) is 6.30. The van der Waals surface area contributed by atoms with E-state index in [1.165, 1.54) is 0 Å². The Morgan fingerprint density at radius 2 is 1.96 bits per heavy atom. The summed E-state index contributed by atoms with van der Waals surface area (Å²) in [5, 5.41) is 0.570. The molecule has 0 saturated heterocycles. The average Bonchev–Trinajstić information content (AvgIpc) is 2.96. The molecule has 0 unspecified atom stereocenters. The molecule has 118 valence electrons. The predicted octanol–water partition coefficient (Wildman–Crippen LogP) is 2.41. The van der Waals surface area contributed by atoms with Crippen LogP contribution in [0.25, 0.3) is 0 Å². The van der Waals surface area contributed by atoms with Crippen LogP contribution in [0.3, 0.4) is 0 Å². The van der Waals surface area contributed by atoms with Gasteiger partial charge in [-0.05, 0) is 23.8 Å². The van der Waals surface area contributed by atoms with Gasteiger partial charge in [-0.3, -0.25) is 4.79 Å². The lowest BCUT2D eigenvalue weighted by Crippen LogP contribution is -2.33. The summed E-state index contributed by atoms with van der Waals surface area (Å²) in [5.74, 6) is -0.778. The molecule has 3 rings (SSSR count). The van der Waals surface area contributed by atoms with E-state index in [1.54, 1.807) is 48.5 Å². The van der Waals surface area contributed by atoms with E-state index in [1.807, 2.05) is 0 Å². The quantitative estimate of drug-likeness (QED) is 0.873. The molecular formula is C17H14ClNO4. The van der Waals surface area contributed by atoms with Gasteiger partial charge in [-0.1, -0.05) is 41.9 Å². The van der Waals surface area contributed by atoms with Crippen LogP contribution in [0.5, 0.6) is 5.75 Å². The number of amides is 1. The maximum Gasteiger partial charge on any atom is 0.348 e. The normalized spacial score (nSPS) is 17.0. The molecule has 0 spiro atoms. The third kappa shape index (κ3) is 3.29. The van der Waals surface area contributed by atoms with Crippen LogP contribution in [-0.4, -0.2) is 18.0 Å². The molecule has 0 bridgehead atoms. The SMILES string of the molecule is NC(=O)[C@@H](OC(=O)[C@@H]1Cc2cc(Cl)ccc2O1)c1ccccc1. The molecule has 6 heteroatoms. The lowest BCUT2D eigenvalue weighted by molar-refractivity contribution is -0.161. The van der Waals surface area contributed by atoms with Gasteiger partial charge in [0.25, 0.3) is 5.91 Å². The zero-order chi connectivity index (χ0) is 16.4. The fraction of sp³-hybridized carbons (Fsp3) is 0.176. The Balaban J connectivity index is 1.73. The fourth-order valence-corrected chi connectivity index (χ4v) is 2.65. The van der Waals surface area contributed by atoms with E-state index in [0.29, 0.717) is 22.8 Å². The second-order valence-corrected chi connectivity index (χ2v) is 5.63. The molecule has 2 aromatic rings. The summed E-state index contributed by atoms with van der Waals surface area (Å²) in [7, 11) is 0. The Bertz CT molecular complexity index is 748. The number of hydrogen-bond acceptors (Lipinski definition) is 4. The van der Waals surface area contributed by atoms with Gasteiger partial charge in [0, 0.05) is 17.0 Å². The maximum atomic E-state index is 12.3. The number of carbonyl (C=O) groups is 2. The molecule has 2 aromatic carbocycles. The van der Waals surface area contributed by atoms with Crippen LogP contribution in [0.4, 0.5) is 0 Å². The summed E-state index contributed by atoms with van der Waals surface area (Å²) in [5.41, 5.74) is 6.69. The Morgan fingerprint density at radius 3 is 2.65 bits per heavy atom. The Kier molecular flexibility index (Phi) is 4.21. The van der Waals surface area contributed by atoms with Crippen molar-refractivity contribution in [2.75, 3.05) is 0 Å². The number of carbonyl (C=O) groups excluding carboxylic acids is 2. The molecule has 1 aliphatic rings. The molecule has 2 atom stereocenters. The molecule has 23 heavy (non-hydrogen) atoms. The highest BCUT2D eigenvalue weighted by Gasteiger charge is 2.33. The van der Waals surface area contributed by atoms with Crippen molar-refractivity contribution in [3.8, 4) is 5.75 Å². The van der Waals surface area contributed by atoms with Crippen molar-refractivity contribution < 1.29 is 19.1 Å². The van der Waals surface area contributed by atoms with E-state index in [0.717, 1.165) is 5.56 Å². The first-order valence-electron chi connectivity index (χ1n) is 7.04. The Labute approximate surface area is 138 Å². The molecule has 0 saturated carbocycles. The van der Waals surface area contributed by atoms with E-state index in [2.05, 4.69) is 0 Å². The molecule has 0 aliphatic carbocycles. The van der Waals surface area contributed by atoms with Gasteiger partial charge in [0.05, 0.1) is 0 Å². The number of primary amides is 1. The van der Waals surface area contributed by atoms with E-state index in [-0.39, 0.29) is 0 Å². The molecule has 0 fully saturated rings. The lowest BCUT2D eigenvalue weighted by Gasteiger charge is -2.17. The number of nitrogens with two attached hydrogens (primary N) is 1. The number of fused-ring (bicyclic) bond motifs is 1. The number of esters is 1. The smallest absolute Gasteiger partial charge is 0.348 e. The van der Waals surface area contributed by atoms with Crippen molar-refractivity contribution in [2.45, 2.75) is 18.6 Å². The molecule has 0 aromatic heterocycles. The minimum absolute atomic E-state index is 0.342. The summed E-state index contributed by atoms with van der Waals surface area (Å²) < 4.78 is 10.8. The second-order valence-electron chi connectivity index (χ2n) is 5.19. The minimum atomic E-state index is -1.14. The minimum Gasteiger partial charge on any atom is -0.478 e. The highest BCUT2D eigenvalue weighted by atomic mass is 35.5. The van der Waals surface area contributed by atoms with E-state index < -0.39 is 24.1 Å². The van der Waals surface area contributed by atoms with Gasteiger partial charge < -0.3 is 15.2 Å². The summed E-state index contributed by atoms with van der Waals surface area (Å²) in [6.07, 6.45) is -1.61. The summed E-state index contributed by atoms with van der Waals surface area (Å²) >= 11 is 5.92. The molecule has 1 heterocycles. The third-order valence-corrected chi connectivity index (χ3v) is 3.79. The Morgan fingerprint density at radius 1 is 1.22 bits per heavy atom. The van der Waals surface area contributed by atoms with Crippen LogP contribution < -0.4 is 10.5 Å². The number of rotatable bonds is 4. The fourth-order valence-electron chi connectivity index (χ4n) is 2.46. The van der Waals surface area contributed by atoms with E-state index in [4.69, 9.17) is 26.8 Å². The monoisotopic (exact) mass is 331 g/mol. The first-order chi connectivity index (χ1) is 11.0. The average molecular weight is 332 g/mol. The van der Waals surface area contributed by atoms with Crippen LogP contribution in [0.15, 0.2) is 48.5 Å². The van der Waals surface area contributed by atoms with Crippen LogP contribution in [0, 0.1) is 0 Å². The third-order valence-electron chi connectivity index (χ3n) is 3.55. The molecule has 0 radical (unpaired) electrons. The Hall–Kier alpha value is -2.53. The summed E-state index contributed by atoms with van der Waals surface area (Å²) in [6.45, 7) is 0. The number of ether oxygens (including phenoxy) is 2. The number of hydrogen-bond donors (Lipinski definition) is 1. The first-order valence-corrected chi connectivity index (χ1v) is 7.42. The van der Waals surface area contributed by atoms with Crippen LogP contribution in [0.1, 0.15) is 17.2 Å². The maximum absolute atomic E-state index is 12.3. The van der Waals surface area contributed by atoms with Gasteiger partial charge in [0.1, 0.15) is 5.75 Å². The lowest BCUT2D eigenvalue weighted by atomic mass is 10.1. The van der Waals surface area contributed by atoms with Crippen molar-refractivity contribution in [1.82, 2.24) is 0 Å². The predicted molar refractivity (Wildman–Crippen MR) is 84.0 cm³/mol. The van der Waals surface area contributed by atoms with Gasteiger partial charge >= 0.3 is 5.97 Å². The van der Waals surface area contributed by atoms with Crippen molar-refractivity contribution in [3.63, 3.8) is 0 Å². The molecule has 5 nitrogen and oxygen atoms in total. The topological polar surface area (TPSA) is 78.6 Å².